The first-order chi connectivity index (χ1) is 14.8. The molecule has 180 valence electrons. The first kappa shape index (κ1) is 26.6. The van der Waals surface area contributed by atoms with Gasteiger partial charge in [-0.1, -0.05) is 43.7 Å². The summed E-state index contributed by atoms with van der Waals surface area (Å²) in [5, 5.41) is 11.3. The van der Waals surface area contributed by atoms with E-state index < -0.39 is 29.8 Å². The van der Waals surface area contributed by atoms with Gasteiger partial charge in [-0.15, -0.1) is 0 Å². The van der Waals surface area contributed by atoms with Crippen LogP contribution in [0.15, 0.2) is 42.7 Å². The van der Waals surface area contributed by atoms with Crippen molar-refractivity contribution in [1.82, 2.24) is 9.80 Å². The Balaban J connectivity index is 0.00000363. The molecule has 0 radical (unpaired) electrons. The topological polar surface area (TPSA) is 53.0 Å². The van der Waals surface area contributed by atoms with Crippen LogP contribution in [-0.4, -0.2) is 52.7 Å². The Hall–Kier alpha value is -1.67. The van der Waals surface area contributed by atoms with Crippen LogP contribution >= 0.6 is 0 Å². The van der Waals surface area contributed by atoms with Crippen molar-refractivity contribution >= 4 is 5.97 Å². The summed E-state index contributed by atoms with van der Waals surface area (Å²) in [6, 6.07) is 8.32. The van der Waals surface area contributed by atoms with Gasteiger partial charge in [0.15, 0.2) is 5.60 Å². The fourth-order valence-corrected chi connectivity index (χ4v) is 4.52. The fourth-order valence-electron chi connectivity index (χ4n) is 4.52. The van der Waals surface area contributed by atoms with Gasteiger partial charge < -0.3 is 36.6 Å². The van der Waals surface area contributed by atoms with E-state index in [1.54, 1.807) is 30.3 Å². The van der Waals surface area contributed by atoms with E-state index >= 15 is 0 Å². The minimum absolute atomic E-state index is 0. The van der Waals surface area contributed by atoms with Gasteiger partial charge in [-0.05, 0) is 31.7 Å². The average molecular weight is 516 g/mol. The van der Waals surface area contributed by atoms with Gasteiger partial charge in [-0.2, -0.15) is 0 Å². The van der Waals surface area contributed by atoms with E-state index in [4.69, 9.17) is 4.74 Å². The third-order valence-electron chi connectivity index (χ3n) is 6.49. The van der Waals surface area contributed by atoms with E-state index in [9.17, 15) is 18.7 Å². The smallest absolute Gasteiger partial charge is 0.343 e. The molecule has 1 heterocycles. The molecule has 0 spiro atoms. The molecule has 0 saturated heterocycles. The Bertz CT molecular complexity index is 765. The molecule has 8 heteroatoms. The van der Waals surface area contributed by atoms with Crippen LogP contribution in [-0.2, 0) is 15.1 Å². The number of hydrogen-bond acceptors (Lipinski definition) is 5. The fraction of sp³-hybridized carbons (Fsp3) is 0.625. The molecule has 1 aromatic rings. The average Bonchev–Trinajstić information content (AvgIpc) is 3.31. The number of carbonyl (C=O) groups is 1. The molecule has 1 aliphatic heterocycles. The Morgan fingerprint density at radius 3 is 2.38 bits per heavy atom. The highest BCUT2D eigenvalue weighted by Gasteiger charge is 2.54. The maximum absolute atomic E-state index is 13.9. The lowest BCUT2D eigenvalue weighted by Gasteiger charge is -2.32. The predicted molar refractivity (Wildman–Crippen MR) is 115 cm³/mol. The van der Waals surface area contributed by atoms with Crippen LogP contribution in [0.25, 0.3) is 0 Å². The van der Waals surface area contributed by atoms with Gasteiger partial charge in [0.05, 0.1) is 12.8 Å². The molecule has 1 fully saturated rings. The van der Waals surface area contributed by atoms with Crippen LogP contribution in [0.1, 0.15) is 57.9 Å². The maximum Gasteiger partial charge on any atom is 0.343 e. The van der Waals surface area contributed by atoms with Crippen LogP contribution in [0.4, 0.5) is 8.78 Å². The number of unbranched alkanes of at least 4 members (excludes halogenated alkanes) is 1. The third-order valence-corrected chi connectivity index (χ3v) is 6.49. The zero-order valence-electron chi connectivity index (χ0n) is 18.9. The number of esters is 1. The Labute approximate surface area is 200 Å². The second-order valence-corrected chi connectivity index (χ2v) is 8.68. The first-order valence-electron chi connectivity index (χ1n) is 11.3. The van der Waals surface area contributed by atoms with Crippen LogP contribution in [0.5, 0.6) is 0 Å². The first-order valence-corrected chi connectivity index (χ1v) is 11.3. The number of carbonyl (C=O) groups excluding carboxylic acids is 1. The normalized spacial score (nSPS) is 23.7. The Morgan fingerprint density at radius 2 is 1.81 bits per heavy atom. The molecule has 0 aromatic heterocycles. The predicted octanol–water partition coefficient (Wildman–Crippen LogP) is 1.48. The molecule has 1 aliphatic carbocycles. The van der Waals surface area contributed by atoms with Crippen LogP contribution in [0.2, 0.25) is 0 Å². The quantitative estimate of drug-likeness (QED) is 0.378. The number of nitrogens with zero attached hydrogens (tertiary/aromatic N) is 2. The van der Waals surface area contributed by atoms with Gasteiger partial charge in [0.2, 0.25) is 5.92 Å². The monoisotopic (exact) mass is 515 g/mol. The molecule has 32 heavy (non-hydrogen) atoms. The zero-order chi connectivity index (χ0) is 22.5. The molecule has 3 rings (SSSR count). The summed E-state index contributed by atoms with van der Waals surface area (Å²) in [5.74, 6) is -4.57. The van der Waals surface area contributed by atoms with Crippen LogP contribution in [0.3, 0.4) is 0 Å². The maximum atomic E-state index is 13.9. The molecule has 1 aromatic carbocycles. The largest absolute Gasteiger partial charge is 1.00 e. The van der Waals surface area contributed by atoms with Crippen molar-refractivity contribution in [1.29, 1.82) is 0 Å². The standard InChI is InChI=1S/C24H34F2N2O3.BrH/c1-3-4-13-27-15-16-28(19(27)2)14-8-17-31-22(29)24(30,20-9-6-5-7-10-20)21-11-12-23(25,26)18-21;/h5-7,9-10,15-16,19,21,30H,3-4,8,11-14,17-18H2,1-2H3;1H/p-1/t19?,21-,24-;/m0./s1. The van der Waals surface area contributed by atoms with Crippen molar-refractivity contribution in [2.24, 2.45) is 5.92 Å². The summed E-state index contributed by atoms with van der Waals surface area (Å²) in [7, 11) is 0. The molecule has 3 atom stereocenters. The van der Waals surface area contributed by atoms with E-state index in [1.807, 2.05) is 6.20 Å². The lowest BCUT2D eigenvalue weighted by molar-refractivity contribution is -0.175. The number of aliphatic hydroxyl groups is 1. The summed E-state index contributed by atoms with van der Waals surface area (Å²) in [5.41, 5.74) is -1.75. The van der Waals surface area contributed by atoms with E-state index in [-0.39, 0.29) is 42.6 Å². The lowest BCUT2D eigenvalue weighted by atomic mass is 9.80. The summed E-state index contributed by atoms with van der Waals surface area (Å²) < 4.78 is 33.1. The summed E-state index contributed by atoms with van der Waals surface area (Å²) >= 11 is 0. The number of benzene rings is 1. The molecule has 2 aliphatic rings. The lowest BCUT2D eigenvalue weighted by Crippen LogP contribution is -3.00. The summed E-state index contributed by atoms with van der Waals surface area (Å²) in [4.78, 5) is 17.4. The van der Waals surface area contributed by atoms with E-state index in [1.165, 1.54) is 0 Å². The van der Waals surface area contributed by atoms with Crippen LogP contribution < -0.4 is 17.0 Å². The van der Waals surface area contributed by atoms with Gasteiger partial charge in [-0.25, -0.2) is 13.6 Å². The molecule has 0 amide bonds. The number of alkyl halides is 2. The van der Waals surface area contributed by atoms with Crippen molar-refractivity contribution in [3.63, 3.8) is 0 Å². The van der Waals surface area contributed by atoms with Crippen molar-refractivity contribution in [2.75, 3.05) is 19.7 Å². The number of ether oxygens (including phenoxy) is 1. The molecule has 1 saturated carbocycles. The number of rotatable bonds is 10. The van der Waals surface area contributed by atoms with Crippen molar-refractivity contribution in [3.05, 3.63) is 48.3 Å². The van der Waals surface area contributed by atoms with Gasteiger partial charge in [0.1, 0.15) is 0 Å². The third kappa shape index (κ3) is 6.01. The van der Waals surface area contributed by atoms with Gasteiger partial charge >= 0.3 is 5.97 Å². The minimum Gasteiger partial charge on any atom is -1.00 e. The van der Waals surface area contributed by atoms with Gasteiger partial charge in [0, 0.05) is 44.2 Å². The number of halogens is 3. The van der Waals surface area contributed by atoms with Crippen molar-refractivity contribution in [3.8, 4) is 0 Å². The molecular formula is C24H34BrF2N2O3-. The molecule has 1 unspecified atom stereocenters. The Morgan fingerprint density at radius 1 is 1.19 bits per heavy atom. The SMILES string of the molecule is CCCCN1C=CN(CCCOC(=O)[C@](O)(c2ccccc2)[C@H]2CCC(F)(F)C2)C1C.[Br-]. The number of hydrogen-bond donors (Lipinski definition) is 1. The molecule has 1 N–H and O–H groups in total. The van der Waals surface area contributed by atoms with E-state index in [2.05, 4.69) is 29.8 Å². The highest BCUT2D eigenvalue weighted by atomic mass is 79.9. The molecule has 0 bridgehead atoms. The van der Waals surface area contributed by atoms with E-state index in [0.29, 0.717) is 18.5 Å². The second-order valence-electron chi connectivity index (χ2n) is 8.68. The summed E-state index contributed by atoms with van der Waals surface area (Å²) in [6.07, 6.45) is 6.49. The van der Waals surface area contributed by atoms with Crippen molar-refractivity contribution in [2.45, 2.75) is 70.1 Å². The second kappa shape index (κ2) is 11.5. The van der Waals surface area contributed by atoms with E-state index in [0.717, 1.165) is 19.4 Å². The Kier molecular flexibility index (Phi) is 9.52. The van der Waals surface area contributed by atoms with Gasteiger partial charge in [-0.3, -0.25) is 0 Å². The summed E-state index contributed by atoms with van der Waals surface area (Å²) in [6.45, 7) is 6.15. The van der Waals surface area contributed by atoms with Gasteiger partial charge in [0.25, 0.3) is 0 Å². The van der Waals surface area contributed by atoms with Crippen LogP contribution in [0, 0.1) is 5.92 Å². The zero-order valence-corrected chi connectivity index (χ0v) is 20.4. The highest BCUT2D eigenvalue weighted by Crippen LogP contribution is 2.47. The molecule has 5 nitrogen and oxygen atoms in total. The molecular weight excluding hydrogens is 482 g/mol. The minimum atomic E-state index is -2.87. The van der Waals surface area contributed by atoms with Crippen molar-refractivity contribution < 1.29 is 40.4 Å². The highest BCUT2D eigenvalue weighted by molar-refractivity contribution is 5.81.